The lowest BCUT2D eigenvalue weighted by Gasteiger charge is -2.18. The molecule has 0 spiro atoms. The van der Waals surface area contributed by atoms with Crippen molar-refractivity contribution in [3.8, 4) is 5.75 Å². The average Bonchev–Trinajstić information content (AvgIpc) is 3.26. The molecule has 1 aliphatic heterocycles. The van der Waals surface area contributed by atoms with Gasteiger partial charge in [0, 0.05) is 19.7 Å². The van der Waals surface area contributed by atoms with E-state index in [4.69, 9.17) is 4.74 Å². The van der Waals surface area contributed by atoms with Gasteiger partial charge in [-0.3, -0.25) is 0 Å². The first kappa shape index (κ1) is 19.0. The maximum absolute atomic E-state index is 12.6. The number of hydrogen-bond acceptors (Lipinski definition) is 4. The van der Waals surface area contributed by atoms with Gasteiger partial charge in [-0.05, 0) is 30.5 Å². The minimum atomic E-state index is -4.88. The number of ether oxygens (including phenoxy) is 2. The molecule has 136 valence electrons. The number of unbranched alkanes of at least 4 members (excludes halogenated alkanes) is 1. The molecule has 0 amide bonds. The monoisotopic (exact) mass is 367 g/mol. The second kappa shape index (κ2) is 7.28. The number of hydrogen-bond donors (Lipinski definition) is 0. The van der Waals surface area contributed by atoms with Crippen molar-refractivity contribution >= 4 is 10.0 Å². The summed E-state index contributed by atoms with van der Waals surface area (Å²) in [5.74, 6) is -0.522. The van der Waals surface area contributed by atoms with Gasteiger partial charge >= 0.3 is 6.36 Å². The summed E-state index contributed by atoms with van der Waals surface area (Å²) in [6.07, 6.45) is -2.98. The average molecular weight is 367 g/mol. The van der Waals surface area contributed by atoms with Crippen molar-refractivity contribution in [1.29, 1.82) is 0 Å². The van der Waals surface area contributed by atoms with Gasteiger partial charge in [0.05, 0.1) is 17.6 Å². The highest BCUT2D eigenvalue weighted by Gasteiger charge is 2.33. The molecule has 0 bridgehead atoms. The number of aryl methyl sites for hydroxylation is 1. The van der Waals surface area contributed by atoms with Gasteiger partial charge in [0.15, 0.2) is 0 Å². The predicted octanol–water partition coefficient (Wildman–Crippen LogP) is 2.95. The van der Waals surface area contributed by atoms with Gasteiger partial charge in [0.1, 0.15) is 5.75 Å². The van der Waals surface area contributed by atoms with Gasteiger partial charge in [-0.15, -0.1) is 13.2 Å². The minimum Gasteiger partial charge on any atom is -0.406 e. The molecule has 5 nitrogen and oxygen atoms in total. The first-order valence-electron chi connectivity index (χ1n) is 7.59. The maximum Gasteiger partial charge on any atom is 0.573 e. The number of likely N-dealkylation sites (N-methyl/N-ethyl adjacent to an activating group) is 1. The Kier molecular flexibility index (Phi) is 5.77. The van der Waals surface area contributed by atoms with Crippen LogP contribution in [0.1, 0.15) is 25.3 Å². The number of halogens is 3. The summed E-state index contributed by atoms with van der Waals surface area (Å²) in [7, 11) is -2.54. The van der Waals surface area contributed by atoms with Crippen molar-refractivity contribution in [3.63, 3.8) is 0 Å². The van der Waals surface area contributed by atoms with E-state index in [2.05, 4.69) is 4.74 Å². The summed E-state index contributed by atoms with van der Waals surface area (Å²) in [5.41, 5.74) is 0.494. The van der Waals surface area contributed by atoms with Crippen LogP contribution in [0.25, 0.3) is 0 Å². The number of sulfonamides is 1. The van der Waals surface area contributed by atoms with E-state index in [0.717, 1.165) is 23.2 Å². The molecule has 0 aliphatic carbocycles. The molecular weight excluding hydrogens is 347 g/mol. The molecular formula is C15H20F3NO4S. The predicted molar refractivity (Wildman–Crippen MR) is 81.3 cm³/mol. The Labute approximate surface area is 139 Å². The molecule has 1 aromatic rings. The molecule has 1 fully saturated rings. The molecule has 1 atom stereocenters. The van der Waals surface area contributed by atoms with Gasteiger partial charge in [-0.1, -0.05) is 13.3 Å². The maximum atomic E-state index is 12.6. The molecule has 1 aliphatic rings. The lowest BCUT2D eigenvalue weighted by atomic mass is 10.1. The van der Waals surface area contributed by atoms with Crippen molar-refractivity contribution in [3.05, 3.63) is 23.8 Å². The number of rotatable bonds is 8. The van der Waals surface area contributed by atoms with Crippen molar-refractivity contribution < 1.29 is 31.1 Å². The van der Waals surface area contributed by atoms with Gasteiger partial charge in [0.25, 0.3) is 0 Å². The largest absolute Gasteiger partial charge is 0.573 e. The van der Waals surface area contributed by atoms with Crippen LogP contribution in [0.4, 0.5) is 13.2 Å². The summed E-state index contributed by atoms with van der Waals surface area (Å²) in [6, 6.07) is 3.53. The third kappa shape index (κ3) is 5.35. The van der Waals surface area contributed by atoms with E-state index >= 15 is 0 Å². The number of epoxide rings is 1. The van der Waals surface area contributed by atoms with E-state index in [9.17, 15) is 21.6 Å². The molecule has 9 heteroatoms. The fourth-order valence-electron chi connectivity index (χ4n) is 2.24. The normalized spacial score (nSPS) is 18.0. The molecule has 1 aromatic carbocycles. The van der Waals surface area contributed by atoms with E-state index < -0.39 is 22.1 Å². The smallest absolute Gasteiger partial charge is 0.406 e. The van der Waals surface area contributed by atoms with Gasteiger partial charge < -0.3 is 9.47 Å². The summed E-state index contributed by atoms with van der Waals surface area (Å²) in [5, 5.41) is 0. The van der Waals surface area contributed by atoms with Gasteiger partial charge in [-0.25, -0.2) is 8.42 Å². The van der Waals surface area contributed by atoms with Crippen LogP contribution >= 0.6 is 0 Å². The fourth-order valence-corrected chi connectivity index (χ4v) is 3.52. The molecule has 24 heavy (non-hydrogen) atoms. The molecule has 0 radical (unpaired) electrons. The quantitative estimate of drug-likeness (QED) is 0.663. The molecule has 0 aromatic heterocycles. The number of benzene rings is 1. The van der Waals surface area contributed by atoms with Crippen LogP contribution in [0.2, 0.25) is 0 Å². The zero-order valence-corrected chi connectivity index (χ0v) is 14.3. The van der Waals surface area contributed by atoms with E-state index in [1.165, 1.54) is 19.2 Å². The number of alkyl halides is 3. The highest BCUT2D eigenvalue weighted by molar-refractivity contribution is 7.89. The van der Waals surface area contributed by atoms with E-state index in [1.807, 2.05) is 6.92 Å². The lowest BCUT2D eigenvalue weighted by molar-refractivity contribution is -0.274. The summed E-state index contributed by atoms with van der Waals surface area (Å²) < 4.78 is 72.6. The van der Waals surface area contributed by atoms with E-state index in [-0.39, 0.29) is 17.5 Å². The van der Waals surface area contributed by atoms with Gasteiger partial charge in [-0.2, -0.15) is 4.31 Å². The third-order valence-electron chi connectivity index (χ3n) is 3.56. The summed E-state index contributed by atoms with van der Waals surface area (Å²) in [4.78, 5) is -0.210. The second-order valence-corrected chi connectivity index (χ2v) is 7.75. The SMILES string of the molecule is CCCCc1cc(OC(F)(F)F)cc(S(=O)(=O)N(C)C[C@H]2CO2)c1. The van der Waals surface area contributed by atoms with Crippen molar-refractivity contribution in [2.45, 2.75) is 43.5 Å². The molecule has 0 saturated carbocycles. The van der Waals surface area contributed by atoms with Crippen LogP contribution in [-0.4, -0.2) is 45.4 Å². The highest BCUT2D eigenvalue weighted by atomic mass is 32.2. The Balaban J connectivity index is 2.33. The van der Waals surface area contributed by atoms with Crippen molar-refractivity contribution in [2.24, 2.45) is 0 Å². The second-order valence-electron chi connectivity index (χ2n) is 5.70. The Morgan fingerprint density at radius 2 is 2.00 bits per heavy atom. The zero-order valence-electron chi connectivity index (χ0n) is 13.5. The summed E-state index contributed by atoms with van der Waals surface area (Å²) >= 11 is 0. The summed E-state index contributed by atoms with van der Waals surface area (Å²) in [6.45, 7) is 2.59. The van der Waals surface area contributed by atoms with Crippen LogP contribution in [-0.2, 0) is 21.2 Å². The Morgan fingerprint density at radius 3 is 2.54 bits per heavy atom. The van der Waals surface area contributed by atoms with Crippen LogP contribution in [0.3, 0.4) is 0 Å². The first-order valence-corrected chi connectivity index (χ1v) is 9.03. The molecule has 1 saturated heterocycles. The fraction of sp³-hybridized carbons (Fsp3) is 0.600. The molecule has 0 N–H and O–H groups in total. The minimum absolute atomic E-state index is 0.154. The Morgan fingerprint density at radius 1 is 1.33 bits per heavy atom. The van der Waals surface area contributed by atoms with Crippen molar-refractivity contribution in [2.75, 3.05) is 20.2 Å². The third-order valence-corrected chi connectivity index (χ3v) is 5.36. The number of nitrogens with zero attached hydrogens (tertiary/aromatic N) is 1. The standard InChI is InChI=1S/C15H20F3NO4S/c1-3-4-5-11-6-12(23-15(16,17)18)8-14(7-11)24(20,21)19(2)9-13-10-22-13/h6-8,13H,3-5,9-10H2,1-2H3/t13-/m0/s1. The lowest BCUT2D eigenvalue weighted by Crippen LogP contribution is -2.30. The topological polar surface area (TPSA) is 59.1 Å². The Bertz CT molecular complexity index is 672. The van der Waals surface area contributed by atoms with Gasteiger partial charge in [0.2, 0.25) is 10.0 Å². The van der Waals surface area contributed by atoms with Crippen LogP contribution in [0.15, 0.2) is 23.1 Å². The van der Waals surface area contributed by atoms with E-state index in [1.54, 1.807) is 0 Å². The van der Waals surface area contributed by atoms with E-state index in [0.29, 0.717) is 18.6 Å². The molecule has 0 unspecified atom stereocenters. The molecule has 1 heterocycles. The van der Waals surface area contributed by atoms with Crippen LogP contribution in [0.5, 0.6) is 5.75 Å². The first-order chi connectivity index (χ1) is 11.1. The van der Waals surface area contributed by atoms with Crippen LogP contribution < -0.4 is 4.74 Å². The zero-order chi connectivity index (χ0) is 18.0. The van der Waals surface area contributed by atoms with Crippen molar-refractivity contribution in [1.82, 2.24) is 4.31 Å². The highest BCUT2D eigenvalue weighted by Crippen LogP contribution is 2.29. The Hall–Kier alpha value is -1.32. The molecule has 2 rings (SSSR count). The van der Waals surface area contributed by atoms with Crippen LogP contribution in [0, 0.1) is 0 Å².